The van der Waals surface area contributed by atoms with E-state index in [1.54, 1.807) is 11.8 Å². The summed E-state index contributed by atoms with van der Waals surface area (Å²) in [6.07, 6.45) is 2.32. The van der Waals surface area contributed by atoms with Crippen molar-refractivity contribution in [3.05, 3.63) is 29.8 Å². The normalized spacial score (nSPS) is 33.3. The van der Waals surface area contributed by atoms with Crippen LogP contribution in [-0.4, -0.2) is 39.4 Å². The number of rotatable bonds is 1. The van der Waals surface area contributed by atoms with Crippen LogP contribution in [0.15, 0.2) is 24.3 Å². The van der Waals surface area contributed by atoms with Crippen molar-refractivity contribution in [3.8, 4) is 0 Å². The van der Waals surface area contributed by atoms with Gasteiger partial charge in [0.15, 0.2) is 0 Å². The Morgan fingerprint density at radius 1 is 1.36 bits per heavy atom. The van der Waals surface area contributed by atoms with Gasteiger partial charge in [-0.2, -0.15) is 0 Å². The largest absolute Gasteiger partial charge is 0.315 e. The minimum absolute atomic E-state index is 0.0870. The molecule has 0 saturated carbocycles. The molecule has 2 saturated heterocycles. The van der Waals surface area contributed by atoms with Crippen LogP contribution in [0, 0.1) is 0 Å². The standard InChI is InChI=1S/C17H20N2O2S/c1-11-9-12-5-3-4-6-13(12)18(11)16(21)14-10-22-17(2)8-7-15(20)19(14)17/h3-6,11,14H,7-10H2,1-2H3/t11-,14+,17-/m1/s1. The number of thioether (sulfide) groups is 1. The highest BCUT2D eigenvalue weighted by molar-refractivity contribution is 8.01. The fourth-order valence-electron chi connectivity index (χ4n) is 4.07. The summed E-state index contributed by atoms with van der Waals surface area (Å²) in [5.41, 5.74) is 2.25. The van der Waals surface area contributed by atoms with Gasteiger partial charge in [-0.05, 0) is 38.3 Å². The number of nitrogens with zero attached hydrogens (tertiary/aromatic N) is 2. The molecule has 4 nitrogen and oxygen atoms in total. The molecule has 22 heavy (non-hydrogen) atoms. The molecule has 3 heterocycles. The highest BCUT2D eigenvalue weighted by Gasteiger charge is 2.54. The van der Waals surface area contributed by atoms with E-state index in [2.05, 4.69) is 19.9 Å². The molecule has 3 aliphatic rings. The number of anilines is 1. The Morgan fingerprint density at radius 3 is 2.95 bits per heavy atom. The lowest BCUT2D eigenvalue weighted by Gasteiger charge is -2.33. The molecule has 0 bridgehead atoms. The van der Waals surface area contributed by atoms with Gasteiger partial charge < -0.3 is 9.80 Å². The van der Waals surface area contributed by atoms with Crippen molar-refractivity contribution in [2.45, 2.75) is 50.1 Å². The summed E-state index contributed by atoms with van der Waals surface area (Å²) in [5, 5.41) is 0. The van der Waals surface area contributed by atoms with Crippen LogP contribution < -0.4 is 4.90 Å². The zero-order valence-electron chi connectivity index (χ0n) is 12.9. The number of fused-ring (bicyclic) bond motifs is 2. The molecule has 0 radical (unpaired) electrons. The van der Waals surface area contributed by atoms with E-state index >= 15 is 0 Å². The van der Waals surface area contributed by atoms with Crippen LogP contribution in [0.25, 0.3) is 0 Å². The molecular weight excluding hydrogens is 296 g/mol. The van der Waals surface area contributed by atoms with Gasteiger partial charge in [-0.15, -0.1) is 11.8 Å². The van der Waals surface area contributed by atoms with E-state index in [4.69, 9.17) is 0 Å². The average molecular weight is 316 g/mol. The Bertz CT molecular complexity index is 662. The minimum atomic E-state index is -0.307. The average Bonchev–Trinajstić information content (AvgIpc) is 3.09. The first-order valence-electron chi connectivity index (χ1n) is 7.88. The van der Waals surface area contributed by atoms with Gasteiger partial charge in [-0.3, -0.25) is 9.59 Å². The molecular formula is C17H20N2O2S. The number of hydrogen-bond donors (Lipinski definition) is 0. The zero-order chi connectivity index (χ0) is 15.5. The fourth-order valence-corrected chi connectivity index (χ4v) is 5.49. The molecule has 5 heteroatoms. The Labute approximate surface area is 134 Å². The van der Waals surface area contributed by atoms with Gasteiger partial charge in [-0.1, -0.05) is 18.2 Å². The summed E-state index contributed by atoms with van der Waals surface area (Å²) < 4.78 is 0. The molecule has 0 aliphatic carbocycles. The number of carbonyl (C=O) groups is 2. The Morgan fingerprint density at radius 2 is 2.14 bits per heavy atom. The molecule has 0 aromatic heterocycles. The number of para-hydroxylation sites is 1. The number of hydrogen-bond acceptors (Lipinski definition) is 3. The van der Waals surface area contributed by atoms with Crippen LogP contribution in [0.4, 0.5) is 5.69 Å². The molecule has 2 amide bonds. The molecule has 3 atom stereocenters. The van der Waals surface area contributed by atoms with Crippen LogP contribution in [0.3, 0.4) is 0 Å². The molecule has 0 N–H and O–H groups in total. The maximum absolute atomic E-state index is 13.2. The summed E-state index contributed by atoms with van der Waals surface area (Å²) in [5.74, 6) is 0.932. The van der Waals surface area contributed by atoms with E-state index < -0.39 is 0 Å². The summed E-state index contributed by atoms with van der Waals surface area (Å²) in [4.78, 5) is 29.0. The molecule has 1 aromatic rings. The molecule has 116 valence electrons. The first-order valence-corrected chi connectivity index (χ1v) is 8.87. The van der Waals surface area contributed by atoms with Gasteiger partial charge in [0.1, 0.15) is 6.04 Å². The molecule has 3 aliphatic heterocycles. The first-order chi connectivity index (χ1) is 10.5. The van der Waals surface area contributed by atoms with Crippen molar-refractivity contribution in [3.63, 3.8) is 0 Å². The van der Waals surface area contributed by atoms with E-state index in [1.807, 2.05) is 28.0 Å². The smallest absolute Gasteiger partial charge is 0.250 e. The minimum Gasteiger partial charge on any atom is -0.315 e. The highest BCUT2D eigenvalue weighted by Crippen LogP contribution is 2.48. The highest BCUT2D eigenvalue weighted by atomic mass is 32.2. The van der Waals surface area contributed by atoms with Crippen molar-refractivity contribution >= 4 is 29.3 Å². The molecule has 4 rings (SSSR count). The molecule has 2 fully saturated rings. The van der Waals surface area contributed by atoms with Crippen LogP contribution >= 0.6 is 11.8 Å². The van der Waals surface area contributed by atoms with Crippen molar-refractivity contribution in [1.29, 1.82) is 0 Å². The van der Waals surface area contributed by atoms with Crippen molar-refractivity contribution < 1.29 is 9.59 Å². The van der Waals surface area contributed by atoms with Crippen molar-refractivity contribution in [1.82, 2.24) is 4.90 Å². The van der Waals surface area contributed by atoms with Gasteiger partial charge in [0.2, 0.25) is 5.91 Å². The molecule has 1 aromatic carbocycles. The second-order valence-corrected chi connectivity index (χ2v) is 8.16. The van der Waals surface area contributed by atoms with E-state index in [1.165, 1.54) is 5.56 Å². The second kappa shape index (κ2) is 4.75. The Balaban J connectivity index is 1.67. The first kappa shape index (κ1) is 14.1. The van der Waals surface area contributed by atoms with E-state index in [0.29, 0.717) is 12.2 Å². The Hall–Kier alpha value is -1.49. The van der Waals surface area contributed by atoms with E-state index in [9.17, 15) is 9.59 Å². The predicted molar refractivity (Wildman–Crippen MR) is 87.8 cm³/mol. The molecule has 0 spiro atoms. The van der Waals surface area contributed by atoms with Gasteiger partial charge in [-0.25, -0.2) is 0 Å². The maximum Gasteiger partial charge on any atom is 0.250 e. The second-order valence-electron chi connectivity index (χ2n) is 6.66. The summed E-state index contributed by atoms with van der Waals surface area (Å²) >= 11 is 1.75. The van der Waals surface area contributed by atoms with Crippen LogP contribution in [0.5, 0.6) is 0 Å². The third-order valence-corrected chi connectivity index (χ3v) is 6.68. The third kappa shape index (κ3) is 1.84. The zero-order valence-corrected chi connectivity index (χ0v) is 13.7. The monoisotopic (exact) mass is 316 g/mol. The van der Waals surface area contributed by atoms with Gasteiger partial charge >= 0.3 is 0 Å². The predicted octanol–water partition coefficient (Wildman–Crippen LogP) is 2.42. The van der Waals surface area contributed by atoms with Crippen LogP contribution in [0.2, 0.25) is 0 Å². The summed E-state index contributed by atoms with van der Waals surface area (Å²) in [7, 11) is 0. The fraction of sp³-hybridized carbons (Fsp3) is 0.529. The Kier molecular flexibility index (Phi) is 3.05. The topological polar surface area (TPSA) is 40.6 Å². The van der Waals surface area contributed by atoms with Gasteiger partial charge in [0.25, 0.3) is 5.91 Å². The lowest BCUT2D eigenvalue weighted by Crippen LogP contribution is -2.52. The maximum atomic E-state index is 13.2. The van der Waals surface area contributed by atoms with E-state index in [0.717, 1.165) is 18.5 Å². The summed E-state index contributed by atoms with van der Waals surface area (Å²) in [6, 6.07) is 7.97. The van der Waals surface area contributed by atoms with E-state index in [-0.39, 0.29) is 28.8 Å². The number of benzene rings is 1. The van der Waals surface area contributed by atoms with Crippen molar-refractivity contribution in [2.75, 3.05) is 10.7 Å². The SMILES string of the molecule is C[C@@H]1Cc2ccccc2N1C(=O)[C@@H]1CS[C@]2(C)CCC(=O)N12. The van der Waals surface area contributed by atoms with Crippen LogP contribution in [-0.2, 0) is 16.0 Å². The van der Waals surface area contributed by atoms with Crippen molar-refractivity contribution in [2.24, 2.45) is 0 Å². The van der Waals surface area contributed by atoms with Crippen LogP contribution in [0.1, 0.15) is 32.3 Å². The number of amides is 2. The summed E-state index contributed by atoms with van der Waals surface area (Å²) in [6.45, 7) is 4.18. The lowest BCUT2D eigenvalue weighted by atomic mass is 10.1. The third-order valence-electron chi connectivity index (χ3n) is 5.17. The van der Waals surface area contributed by atoms with Gasteiger partial charge in [0, 0.05) is 23.9 Å². The number of carbonyl (C=O) groups excluding carboxylic acids is 2. The molecule has 0 unspecified atom stereocenters. The quantitative estimate of drug-likeness (QED) is 0.799. The van der Waals surface area contributed by atoms with Gasteiger partial charge in [0.05, 0.1) is 4.87 Å². The lowest BCUT2D eigenvalue weighted by molar-refractivity contribution is -0.136.